The number of aryl methyl sites for hydroxylation is 2. The van der Waals surface area contributed by atoms with Crippen LogP contribution in [0.2, 0.25) is 0 Å². The highest BCUT2D eigenvalue weighted by Gasteiger charge is 2.33. The topological polar surface area (TPSA) is 81.2 Å². The number of rotatable bonds is 6. The van der Waals surface area contributed by atoms with Gasteiger partial charge in [0.25, 0.3) is 0 Å². The van der Waals surface area contributed by atoms with Gasteiger partial charge in [0.2, 0.25) is 5.91 Å². The van der Waals surface area contributed by atoms with E-state index in [0.29, 0.717) is 13.0 Å². The zero-order valence-electron chi connectivity index (χ0n) is 14.5. The highest BCUT2D eigenvalue weighted by molar-refractivity contribution is 5.85. The minimum absolute atomic E-state index is 0. The van der Waals surface area contributed by atoms with Gasteiger partial charge in [-0.05, 0) is 52.0 Å². The number of aromatic nitrogens is 1. The van der Waals surface area contributed by atoms with Crippen molar-refractivity contribution in [2.75, 3.05) is 6.54 Å². The number of nitrogens with one attached hydrogen (secondary N) is 1. The van der Waals surface area contributed by atoms with Gasteiger partial charge in [-0.3, -0.25) is 4.79 Å². The number of nitrogens with zero attached hydrogens (tertiary/aromatic N) is 1. The van der Waals surface area contributed by atoms with Crippen molar-refractivity contribution in [2.24, 2.45) is 11.1 Å². The van der Waals surface area contributed by atoms with E-state index < -0.39 is 0 Å². The van der Waals surface area contributed by atoms with E-state index >= 15 is 0 Å². The quantitative estimate of drug-likeness (QED) is 0.831. The molecule has 0 bridgehead atoms. The first-order chi connectivity index (χ1) is 10.5. The summed E-state index contributed by atoms with van der Waals surface area (Å²) in [5, 5.41) is 7.08. The van der Waals surface area contributed by atoms with Gasteiger partial charge in [-0.1, -0.05) is 24.4 Å². The van der Waals surface area contributed by atoms with Crippen molar-refractivity contribution in [1.29, 1.82) is 0 Å². The Labute approximate surface area is 145 Å². The van der Waals surface area contributed by atoms with Gasteiger partial charge in [0.05, 0.1) is 5.69 Å². The molecule has 1 aromatic heterocycles. The molecule has 1 saturated carbocycles. The molecule has 0 saturated heterocycles. The normalized spacial score (nSPS) is 18.1. The molecule has 1 fully saturated rings. The van der Waals surface area contributed by atoms with E-state index in [2.05, 4.69) is 10.5 Å². The van der Waals surface area contributed by atoms with Crippen LogP contribution in [0.4, 0.5) is 0 Å². The van der Waals surface area contributed by atoms with Crippen LogP contribution >= 0.6 is 12.4 Å². The number of carbonyl (C=O) groups is 1. The maximum Gasteiger partial charge on any atom is 0.220 e. The summed E-state index contributed by atoms with van der Waals surface area (Å²) in [6.07, 6.45) is 7.12. The lowest BCUT2D eigenvalue weighted by Crippen LogP contribution is -2.41. The second kappa shape index (κ2) is 8.69. The smallest absolute Gasteiger partial charge is 0.220 e. The summed E-state index contributed by atoms with van der Waals surface area (Å²) in [6.45, 7) is 6.49. The molecule has 1 amide bonds. The summed E-state index contributed by atoms with van der Waals surface area (Å²) in [6, 6.07) is 0.0720. The van der Waals surface area contributed by atoms with Gasteiger partial charge < -0.3 is 15.6 Å². The lowest BCUT2D eigenvalue weighted by atomic mass is 9.71. The molecule has 5 nitrogen and oxygen atoms in total. The van der Waals surface area contributed by atoms with Gasteiger partial charge in [0, 0.05) is 18.0 Å². The van der Waals surface area contributed by atoms with Gasteiger partial charge in [-0.15, -0.1) is 12.4 Å². The third-order valence-corrected chi connectivity index (χ3v) is 4.98. The Morgan fingerprint density at radius 2 is 2.00 bits per heavy atom. The van der Waals surface area contributed by atoms with Crippen molar-refractivity contribution >= 4 is 18.3 Å². The largest absolute Gasteiger partial charge is 0.361 e. The fourth-order valence-corrected chi connectivity index (χ4v) is 3.57. The molecule has 2 rings (SSSR count). The van der Waals surface area contributed by atoms with E-state index in [-0.39, 0.29) is 29.8 Å². The Bertz CT molecular complexity index is 490. The Hall–Kier alpha value is -1.07. The van der Waals surface area contributed by atoms with E-state index in [1.807, 2.05) is 20.8 Å². The van der Waals surface area contributed by atoms with Crippen LogP contribution in [0, 0.1) is 19.3 Å². The molecule has 1 unspecified atom stereocenters. The molecular formula is C17H30ClN3O2. The van der Waals surface area contributed by atoms with Crippen LogP contribution in [-0.2, 0) is 11.2 Å². The first-order valence-corrected chi connectivity index (χ1v) is 8.37. The van der Waals surface area contributed by atoms with Crippen LogP contribution < -0.4 is 11.1 Å². The predicted octanol–water partition coefficient (Wildman–Crippen LogP) is 3.06. The molecule has 3 N–H and O–H groups in total. The number of hydrogen-bond donors (Lipinski definition) is 2. The molecule has 0 radical (unpaired) electrons. The predicted molar refractivity (Wildman–Crippen MR) is 93.7 cm³/mol. The minimum atomic E-state index is 0. The zero-order chi connectivity index (χ0) is 16.2. The summed E-state index contributed by atoms with van der Waals surface area (Å²) in [5.74, 6) is 0.955. The number of amides is 1. The van der Waals surface area contributed by atoms with E-state index in [1.165, 1.54) is 19.3 Å². The minimum Gasteiger partial charge on any atom is -0.361 e. The molecule has 1 atom stereocenters. The number of nitrogens with two attached hydrogens (primary N) is 1. The Morgan fingerprint density at radius 1 is 1.35 bits per heavy atom. The van der Waals surface area contributed by atoms with Crippen molar-refractivity contribution in [1.82, 2.24) is 10.5 Å². The molecule has 1 aromatic rings. The maximum absolute atomic E-state index is 12.4. The highest BCUT2D eigenvalue weighted by atomic mass is 35.5. The fraction of sp³-hybridized carbons (Fsp3) is 0.765. The molecule has 1 aliphatic rings. The molecule has 1 aliphatic carbocycles. The Morgan fingerprint density at radius 3 is 2.52 bits per heavy atom. The Balaban J connectivity index is 0.00000264. The molecular weight excluding hydrogens is 314 g/mol. The monoisotopic (exact) mass is 343 g/mol. The maximum atomic E-state index is 12.4. The second-order valence-corrected chi connectivity index (χ2v) is 6.92. The van der Waals surface area contributed by atoms with Crippen molar-refractivity contribution in [3.63, 3.8) is 0 Å². The molecule has 6 heteroatoms. The van der Waals surface area contributed by atoms with Crippen molar-refractivity contribution in [3.8, 4) is 0 Å². The summed E-state index contributed by atoms with van der Waals surface area (Å²) in [5.41, 5.74) is 7.99. The fourth-order valence-electron chi connectivity index (χ4n) is 3.57. The zero-order valence-corrected chi connectivity index (χ0v) is 15.3. The van der Waals surface area contributed by atoms with Crippen LogP contribution in [0.3, 0.4) is 0 Å². The lowest BCUT2D eigenvalue weighted by Gasteiger charge is -2.36. The van der Waals surface area contributed by atoms with Crippen LogP contribution in [0.25, 0.3) is 0 Å². The van der Waals surface area contributed by atoms with Crippen LogP contribution in [0.5, 0.6) is 0 Å². The molecule has 132 valence electrons. The summed E-state index contributed by atoms with van der Waals surface area (Å²) in [7, 11) is 0. The van der Waals surface area contributed by atoms with Gasteiger partial charge in [0.15, 0.2) is 0 Å². The van der Waals surface area contributed by atoms with Gasteiger partial charge in [-0.25, -0.2) is 0 Å². The average Bonchev–Trinajstić information content (AvgIpc) is 2.80. The Kier molecular flexibility index (Phi) is 7.55. The van der Waals surface area contributed by atoms with E-state index in [1.54, 1.807) is 0 Å². The highest BCUT2D eigenvalue weighted by Crippen LogP contribution is 2.38. The van der Waals surface area contributed by atoms with Gasteiger partial charge in [0.1, 0.15) is 5.76 Å². The second-order valence-electron chi connectivity index (χ2n) is 6.92. The van der Waals surface area contributed by atoms with Crippen LogP contribution in [-0.4, -0.2) is 23.7 Å². The SMILES string of the molecule is Cc1noc(C)c1CC(C)NC(=O)CC1(CN)CCCCC1.Cl. The number of carbonyl (C=O) groups excluding carboxylic acids is 1. The summed E-state index contributed by atoms with van der Waals surface area (Å²) >= 11 is 0. The molecule has 1 heterocycles. The van der Waals surface area contributed by atoms with Crippen molar-refractivity contribution < 1.29 is 9.32 Å². The third kappa shape index (κ3) is 5.21. The molecule has 0 spiro atoms. The van der Waals surface area contributed by atoms with Crippen molar-refractivity contribution in [2.45, 2.75) is 71.8 Å². The van der Waals surface area contributed by atoms with E-state index in [9.17, 15) is 4.79 Å². The number of hydrogen-bond acceptors (Lipinski definition) is 4. The molecule has 0 aromatic carbocycles. The summed E-state index contributed by atoms with van der Waals surface area (Å²) < 4.78 is 5.18. The van der Waals surface area contributed by atoms with E-state index in [0.717, 1.165) is 36.3 Å². The van der Waals surface area contributed by atoms with E-state index in [4.69, 9.17) is 10.3 Å². The van der Waals surface area contributed by atoms with Crippen LogP contribution in [0.15, 0.2) is 4.52 Å². The number of halogens is 1. The lowest BCUT2D eigenvalue weighted by molar-refractivity contribution is -0.124. The standard InChI is InChI=1S/C17H29N3O2.ClH/c1-12(9-15-13(2)20-22-14(15)3)19-16(21)10-17(11-18)7-5-4-6-8-17;/h12H,4-11,18H2,1-3H3,(H,19,21);1H. The molecule has 0 aliphatic heterocycles. The average molecular weight is 344 g/mol. The van der Waals surface area contributed by atoms with Gasteiger partial charge in [-0.2, -0.15) is 0 Å². The van der Waals surface area contributed by atoms with Gasteiger partial charge >= 0.3 is 0 Å². The first kappa shape index (κ1) is 20.0. The van der Waals surface area contributed by atoms with Crippen molar-refractivity contribution in [3.05, 3.63) is 17.0 Å². The first-order valence-electron chi connectivity index (χ1n) is 8.37. The van der Waals surface area contributed by atoms with Crippen LogP contribution in [0.1, 0.15) is 62.5 Å². The molecule has 23 heavy (non-hydrogen) atoms. The third-order valence-electron chi connectivity index (χ3n) is 4.98. The summed E-state index contributed by atoms with van der Waals surface area (Å²) in [4.78, 5) is 12.4.